The van der Waals surface area contributed by atoms with Crippen molar-refractivity contribution < 1.29 is 0 Å². The molecule has 0 aromatic carbocycles. The molecule has 1 saturated heterocycles. The van der Waals surface area contributed by atoms with E-state index in [0.717, 1.165) is 36.7 Å². The van der Waals surface area contributed by atoms with E-state index in [1.807, 2.05) is 19.2 Å². The Kier molecular flexibility index (Phi) is 2.89. The molecule has 92 valence electrons. The number of fused-ring (bicyclic) bond motifs is 1. The van der Waals surface area contributed by atoms with Crippen molar-refractivity contribution in [3.8, 4) is 6.07 Å². The highest BCUT2D eigenvalue weighted by molar-refractivity contribution is 5.69. The number of nitrogens with one attached hydrogen (secondary N) is 1. The van der Waals surface area contributed by atoms with Gasteiger partial charge in [0.2, 0.25) is 0 Å². The lowest BCUT2D eigenvalue weighted by molar-refractivity contribution is 0.454. The van der Waals surface area contributed by atoms with Crippen LogP contribution in [0.25, 0.3) is 5.57 Å². The normalized spacial score (nSPS) is 26.3. The summed E-state index contributed by atoms with van der Waals surface area (Å²) >= 11 is 0. The van der Waals surface area contributed by atoms with Crippen molar-refractivity contribution in [3.63, 3.8) is 0 Å². The molecule has 1 aliphatic heterocycles. The van der Waals surface area contributed by atoms with Gasteiger partial charge in [0.05, 0.1) is 11.3 Å². The van der Waals surface area contributed by atoms with Crippen molar-refractivity contribution in [2.75, 3.05) is 13.1 Å². The van der Waals surface area contributed by atoms with Crippen LogP contribution >= 0.6 is 0 Å². The van der Waals surface area contributed by atoms with Gasteiger partial charge in [-0.3, -0.25) is 4.98 Å². The zero-order chi connectivity index (χ0) is 12.5. The number of rotatable bonds is 1. The van der Waals surface area contributed by atoms with Gasteiger partial charge in [-0.15, -0.1) is 0 Å². The van der Waals surface area contributed by atoms with Crippen LogP contribution in [0.2, 0.25) is 0 Å². The van der Waals surface area contributed by atoms with Crippen LogP contribution in [0.3, 0.4) is 0 Å². The molecule has 1 aliphatic carbocycles. The largest absolute Gasteiger partial charge is 0.316 e. The van der Waals surface area contributed by atoms with Crippen molar-refractivity contribution in [2.24, 2.45) is 11.8 Å². The van der Waals surface area contributed by atoms with Gasteiger partial charge in [-0.1, -0.05) is 6.08 Å². The molecule has 3 heteroatoms. The molecule has 1 fully saturated rings. The quantitative estimate of drug-likeness (QED) is 0.818. The van der Waals surface area contributed by atoms with E-state index in [2.05, 4.69) is 22.4 Å². The molecular weight excluding hydrogens is 222 g/mol. The first-order valence-electron chi connectivity index (χ1n) is 6.57. The Morgan fingerprint density at radius 2 is 2.33 bits per heavy atom. The molecule has 1 aromatic rings. The van der Waals surface area contributed by atoms with Gasteiger partial charge in [0, 0.05) is 18.7 Å². The van der Waals surface area contributed by atoms with Crippen molar-refractivity contribution in [2.45, 2.75) is 19.8 Å². The average Bonchev–Trinajstić information content (AvgIpc) is 2.87. The number of nitrogens with zero attached hydrogens (tertiary/aromatic N) is 2. The first-order valence-corrected chi connectivity index (χ1v) is 6.57. The molecule has 0 bridgehead atoms. The van der Waals surface area contributed by atoms with Crippen LogP contribution in [0.15, 0.2) is 18.3 Å². The number of nitriles is 1. The van der Waals surface area contributed by atoms with E-state index < -0.39 is 0 Å². The molecule has 3 nitrogen and oxygen atoms in total. The van der Waals surface area contributed by atoms with Crippen LogP contribution in [0.4, 0.5) is 0 Å². The minimum absolute atomic E-state index is 0.606. The Labute approximate surface area is 108 Å². The fraction of sp³-hybridized carbons (Fsp3) is 0.467. The molecule has 0 amide bonds. The minimum atomic E-state index is 0.606. The lowest BCUT2D eigenvalue weighted by Crippen LogP contribution is -2.18. The van der Waals surface area contributed by atoms with Gasteiger partial charge in [-0.2, -0.15) is 5.26 Å². The molecule has 0 saturated carbocycles. The van der Waals surface area contributed by atoms with Crippen molar-refractivity contribution >= 4 is 5.57 Å². The SMILES string of the molecule is Cc1ncc(C2=CCCC3CNCC23)cc1C#N. The van der Waals surface area contributed by atoms with Crippen LogP contribution in [0.1, 0.15) is 29.7 Å². The Hall–Kier alpha value is -1.66. The Morgan fingerprint density at radius 3 is 3.17 bits per heavy atom. The summed E-state index contributed by atoms with van der Waals surface area (Å²) < 4.78 is 0. The number of hydrogen-bond donors (Lipinski definition) is 1. The molecule has 3 rings (SSSR count). The Balaban J connectivity index is 1.99. The van der Waals surface area contributed by atoms with E-state index in [9.17, 15) is 0 Å². The second-order valence-electron chi connectivity index (χ2n) is 5.23. The molecular formula is C15H17N3. The van der Waals surface area contributed by atoms with Crippen molar-refractivity contribution in [3.05, 3.63) is 35.2 Å². The molecule has 2 atom stereocenters. The van der Waals surface area contributed by atoms with Gasteiger partial charge in [-0.25, -0.2) is 0 Å². The highest BCUT2D eigenvalue weighted by Gasteiger charge is 2.32. The standard InChI is InChI=1S/C15H17N3/c1-10-12(6-16)5-13(8-18-10)14-4-2-3-11-7-17-9-15(11)14/h4-5,8,11,15,17H,2-3,7,9H2,1H3. The van der Waals surface area contributed by atoms with Gasteiger partial charge in [-0.05, 0) is 49.4 Å². The summed E-state index contributed by atoms with van der Waals surface area (Å²) in [5, 5.41) is 12.6. The van der Waals surface area contributed by atoms with Gasteiger partial charge in [0.25, 0.3) is 0 Å². The third-order valence-corrected chi connectivity index (χ3v) is 4.18. The maximum absolute atomic E-state index is 9.11. The fourth-order valence-electron chi connectivity index (χ4n) is 3.14. The molecule has 2 heterocycles. The summed E-state index contributed by atoms with van der Waals surface area (Å²) in [6.07, 6.45) is 6.68. The predicted octanol–water partition coefficient (Wildman–Crippen LogP) is 2.27. The molecule has 0 spiro atoms. The summed E-state index contributed by atoms with van der Waals surface area (Å²) in [6, 6.07) is 4.22. The minimum Gasteiger partial charge on any atom is -0.316 e. The van der Waals surface area contributed by atoms with Crippen LogP contribution in [0.5, 0.6) is 0 Å². The Morgan fingerprint density at radius 1 is 1.44 bits per heavy atom. The van der Waals surface area contributed by atoms with E-state index in [1.54, 1.807) is 0 Å². The van der Waals surface area contributed by atoms with Crippen LogP contribution in [0, 0.1) is 30.1 Å². The number of hydrogen-bond acceptors (Lipinski definition) is 3. The molecule has 0 radical (unpaired) electrons. The van der Waals surface area contributed by atoms with Gasteiger partial charge in [0.1, 0.15) is 6.07 Å². The Bertz CT molecular complexity index is 539. The van der Waals surface area contributed by atoms with E-state index in [0.29, 0.717) is 11.5 Å². The number of aromatic nitrogens is 1. The fourth-order valence-corrected chi connectivity index (χ4v) is 3.14. The monoisotopic (exact) mass is 239 g/mol. The topological polar surface area (TPSA) is 48.7 Å². The van der Waals surface area contributed by atoms with Crippen LogP contribution in [-0.4, -0.2) is 18.1 Å². The highest BCUT2D eigenvalue weighted by atomic mass is 14.9. The average molecular weight is 239 g/mol. The smallest absolute Gasteiger partial charge is 0.101 e. The zero-order valence-corrected chi connectivity index (χ0v) is 10.6. The van der Waals surface area contributed by atoms with E-state index in [4.69, 9.17) is 5.26 Å². The van der Waals surface area contributed by atoms with E-state index >= 15 is 0 Å². The van der Waals surface area contributed by atoms with Crippen LogP contribution in [-0.2, 0) is 0 Å². The molecule has 2 unspecified atom stereocenters. The number of pyridine rings is 1. The second kappa shape index (κ2) is 4.55. The maximum atomic E-state index is 9.11. The summed E-state index contributed by atoms with van der Waals surface area (Å²) in [5.41, 5.74) is 4.04. The van der Waals surface area contributed by atoms with Gasteiger partial charge < -0.3 is 5.32 Å². The zero-order valence-electron chi connectivity index (χ0n) is 10.6. The predicted molar refractivity (Wildman–Crippen MR) is 70.7 cm³/mol. The lowest BCUT2D eigenvalue weighted by Gasteiger charge is -2.26. The van der Waals surface area contributed by atoms with Crippen LogP contribution < -0.4 is 5.32 Å². The summed E-state index contributed by atoms with van der Waals surface area (Å²) in [7, 11) is 0. The summed E-state index contributed by atoms with van der Waals surface area (Å²) in [4.78, 5) is 4.36. The maximum Gasteiger partial charge on any atom is 0.101 e. The first kappa shape index (κ1) is 11.4. The third-order valence-electron chi connectivity index (χ3n) is 4.18. The summed E-state index contributed by atoms with van der Waals surface area (Å²) in [5.74, 6) is 1.37. The third kappa shape index (κ3) is 1.83. The number of allylic oxidation sites excluding steroid dienone is 1. The highest BCUT2D eigenvalue weighted by Crippen LogP contribution is 2.38. The van der Waals surface area contributed by atoms with E-state index in [1.165, 1.54) is 12.0 Å². The molecule has 2 aliphatic rings. The van der Waals surface area contributed by atoms with Gasteiger partial charge >= 0.3 is 0 Å². The van der Waals surface area contributed by atoms with Crippen molar-refractivity contribution in [1.29, 1.82) is 5.26 Å². The molecule has 1 aromatic heterocycles. The van der Waals surface area contributed by atoms with Gasteiger partial charge in [0.15, 0.2) is 0 Å². The summed E-state index contributed by atoms with van der Waals surface area (Å²) in [6.45, 7) is 4.08. The molecule has 18 heavy (non-hydrogen) atoms. The number of aryl methyl sites for hydroxylation is 1. The first-order chi connectivity index (χ1) is 8.79. The molecule has 1 N–H and O–H groups in total. The van der Waals surface area contributed by atoms with E-state index in [-0.39, 0.29) is 0 Å². The van der Waals surface area contributed by atoms with Crippen molar-refractivity contribution in [1.82, 2.24) is 10.3 Å². The lowest BCUT2D eigenvalue weighted by atomic mass is 9.78. The second-order valence-corrected chi connectivity index (χ2v) is 5.23.